The van der Waals surface area contributed by atoms with E-state index in [9.17, 15) is 14.7 Å². The highest BCUT2D eigenvalue weighted by molar-refractivity contribution is 6.91. The van der Waals surface area contributed by atoms with E-state index in [1.165, 1.54) is 12.3 Å². The molecular formula is C40H44N2O7Si. The number of methoxy groups -OCH3 is 2. The fraction of sp³-hybridized carbons (Fsp3) is 0.375. The minimum atomic E-state index is -2.36. The molecule has 0 saturated carbocycles. The lowest BCUT2D eigenvalue weighted by atomic mass is 9.82. The number of amides is 2. The summed E-state index contributed by atoms with van der Waals surface area (Å²) in [6.07, 6.45) is 1.47. The number of aliphatic hydroxyl groups excluding tert-OH is 1. The van der Waals surface area contributed by atoms with Crippen LogP contribution in [0.15, 0.2) is 78.9 Å². The molecule has 4 aromatic rings. The van der Waals surface area contributed by atoms with Gasteiger partial charge in [-0.2, -0.15) is 0 Å². The minimum absolute atomic E-state index is 0.0193. The van der Waals surface area contributed by atoms with Crippen molar-refractivity contribution < 1.29 is 33.7 Å². The Kier molecular flexibility index (Phi) is 8.82. The summed E-state index contributed by atoms with van der Waals surface area (Å²) in [6.45, 7) is 7.07. The molecule has 1 saturated heterocycles. The Morgan fingerprint density at radius 2 is 1.70 bits per heavy atom. The summed E-state index contributed by atoms with van der Waals surface area (Å²) in [7, 11) is 0.666. The highest BCUT2D eigenvalue weighted by atomic mass is 28.3. The molecule has 3 aliphatic rings. The third-order valence-electron chi connectivity index (χ3n) is 11.3. The Morgan fingerprint density at radius 1 is 0.960 bits per heavy atom. The molecule has 4 aromatic carbocycles. The lowest BCUT2D eigenvalue weighted by Crippen LogP contribution is -2.52. The summed E-state index contributed by atoms with van der Waals surface area (Å²) in [5.74, 6) is -0.00202. The smallest absolute Gasteiger partial charge is 0.305 e. The zero-order chi connectivity index (χ0) is 35.4. The van der Waals surface area contributed by atoms with Crippen LogP contribution in [0, 0.1) is 5.92 Å². The molecule has 3 aliphatic heterocycles. The van der Waals surface area contributed by atoms with Crippen LogP contribution in [0.5, 0.6) is 5.75 Å². The maximum atomic E-state index is 15.0. The Bertz CT molecular complexity index is 1970. The first kappa shape index (κ1) is 34.0. The molecule has 0 unspecified atom stereocenters. The van der Waals surface area contributed by atoms with E-state index >= 15 is 4.79 Å². The Morgan fingerprint density at radius 3 is 2.40 bits per heavy atom. The Labute approximate surface area is 293 Å². The maximum Gasteiger partial charge on any atom is 0.305 e. The van der Waals surface area contributed by atoms with E-state index in [0.29, 0.717) is 37.1 Å². The molecule has 0 aliphatic carbocycles. The van der Waals surface area contributed by atoms with Crippen LogP contribution in [-0.4, -0.2) is 64.4 Å². The predicted molar refractivity (Wildman–Crippen MR) is 196 cm³/mol. The van der Waals surface area contributed by atoms with Crippen LogP contribution in [0.4, 0.5) is 17.1 Å². The molecule has 4 atom stereocenters. The second kappa shape index (κ2) is 13.0. The summed E-state index contributed by atoms with van der Waals surface area (Å²) >= 11 is 0. The zero-order valence-electron chi connectivity index (χ0n) is 29.3. The highest BCUT2D eigenvalue weighted by Crippen LogP contribution is 2.60. The van der Waals surface area contributed by atoms with E-state index in [0.717, 1.165) is 33.5 Å². The van der Waals surface area contributed by atoms with Gasteiger partial charge in [0.2, 0.25) is 0 Å². The SMILES string of the molecule is COC(=O)CCCCN1C(=O)[C@@]2(O[C@@H](CCO)[C@H]([Si](C)(C)c3ccc(OC)cc3)[C@H]2C)c2cc(N3C(=O)c4cccc5cccc3c45)ccc21. The van der Waals surface area contributed by atoms with Crippen molar-refractivity contribution in [2.24, 2.45) is 5.92 Å². The van der Waals surface area contributed by atoms with E-state index in [1.54, 1.807) is 16.9 Å². The monoisotopic (exact) mass is 692 g/mol. The van der Waals surface area contributed by atoms with Gasteiger partial charge in [-0.25, -0.2) is 0 Å². The van der Waals surface area contributed by atoms with Gasteiger partial charge in [-0.05, 0) is 72.7 Å². The number of hydrogen-bond acceptors (Lipinski definition) is 7. The average molecular weight is 693 g/mol. The van der Waals surface area contributed by atoms with Gasteiger partial charge in [0.25, 0.3) is 11.8 Å². The normalized spacial score (nSPS) is 22.6. The van der Waals surface area contributed by atoms with E-state index < -0.39 is 13.7 Å². The van der Waals surface area contributed by atoms with Gasteiger partial charge >= 0.3 is 5.97 Å². The van der Waals surface area contributed by atoms with Crippen molar-refractivity contribution in [3.8, 4) is 5.75 Å². The number of anilines is 3. The molecule has 0 aromatic heterocycles. The highest BCUT2D eigenvalue weighted by Gasteiger charge is 2.66. The molecular weight excluding hydrogens is 649 g/mol. The van der Waals surface area contributed by atoms with Crippen molar-refractivity contribution in [1.29, 1.82) is 0 Å². The molecule has 9 nitrogen and oxygen atoms in total. The van der Waals surface area contributed by atoms with Crippen LogP contribution in [0.2, 0.25) is 18.6 Å². The topological polar surface area (TPSA) is 106 Å². The van der Waals surface area contributed by atoms with Crippen molar-refractivity contribution in [2.45, 2.75) is 62.9 Å². The molecule has 50 heavy (non-hydrogen) atoms. The number of ether oxygens (including phenoxy) is 3. The van der Waals surface area contributed by atoms with Crippen molar-refractivity contribution in [1.82, 2.24) is 0 Å². The largest absolute Gasteiger partial charge is 0.497 e. The summed E-state index contributed by atoms with van der Waals surface area (Å²) in [6, 6.07) is 25.7. The van der Waals surface area contributed by atoms with Gasteiger partial charge in [-0.1, -0.05) is 61.6 Å². The second-order valence-corrected chi connectivity index (χ2v) is 18.9. The number of aliphatic hydroxyl groups is 1. The van der Waals surface area contributed by atoms with Gasteiger partial charge in [-0.3, -0.25) is 19.3 Å². The molecule has 260 valence electrons. The number of carbonyl (C=O) groups is 3. The predicted octanol–water partition coefficient (Wildman–Crippen LogP) is 6.43. The van der Waals surface area contributed by atoms with Crippen LogP contribution in [0.3, 0.4) is 0 Å². The molecule has 7 rings (SSSR count). The first-order valence-electron chi connectivity index (χ1n) is 17.4. The first-order chi connectivity index (χ1) is 24.1. The van der Waals surface area contributed by atoms with Crippen molar-refractivity contribution in [3.63, 3.8) is 0 Å². The van der Waals surface area contributed by atoms with Crippen LogP contribution in [0.1, 0.15) is 48.5 Å². The molecule has 2 amide bonds. The summed E-state index contributed by atoms with van der Waals surface area (Å²) in [5.41, 5.74) is 2.27. The molecule has 1 N–H and O–H groups in total. The molecule has 1 spiro atoms. The standard InChI is InChI=1S/C40H44N2O7Si/c1-25-37(50(4,5)29-18-16-28(47-2)17-19-29)34(21-23-43)49-40(25)31-24-27(15-20-32(31)41(39(40)46)22-7-6-14-35(44)48-3)42-33-13-9-11-26-10-8-12-30(36(26)33)38(42)45/h8-13,15-20,24-25,34,37,43H,6-7,14,21-23H2,1-5H3/t25-,34+,37-,40+/m1/s1. The maximum absolute atomic E-state index is 15.0. The van der Waals surface area contributed by atoms with E-state index in [1.807, 2.05) is 66.7 Å². The van der Waals surface area contributed by atoms with Gasteiger partial charge in [0.15, 0.2) is 5.60 Å². The van der Waals surface area contributed by atoms with E-state index in [4.69, 9.17) is 14.2 Å². The third kappa shape index (κ3) is 5.15. The number of hydrogen-bond donors (Lipinski definition) is 1. The number of esters is 1. The van der Waals surface area contributed by atoms with Crippen LogP contribution >= 0.6 is 0 Å². The van der Waals surface area contributed by atoms with Crippen LogP contribution < -0.4 is 19.7 Å². The van der Waals surface area contributed by atoms with Crippen molar-refractivity contribution in [3.05, 3.63) is 90.0 Å². The van der Waals surface area contributed by atoms with Gasteiger partial charge < -0.3 is 24.2 Å². The second-order valence-electron chi connectivity index (χ2n) is 14.2. The summed E-state index contributed by atoms with van der Waals surface area (Å²) in [5, 5.41) is 13.4. The van der Waals surface area contributed by atoms with Gasteiger partial charge in [0.05, 0.1) is 45.3 Å². The molecule has 3 heterocycles. The third-order valence-corrected chi connectivity index (χ3v) is 15.6. The lowest BCUT2D eigenvalue weighted by Gasteiger charge is -2.37. The number of fused-ring (bicyclic) bond motifs is 2. The molecule has 0 bridgehead atoms. The van der Waals surface area contributed by atoms with Gasteiger partial charge in [-0.15, -0.1) is 0 Å². The molecule has 0 radical (unpaired) electrons. The quantitative estimate of drug-likeness (QED) is 0.110. The number of rotatable bonds is 11. The summed E-state index contributed by atoms with van der Waals surface area (Å²) in [4.78, 5) is 44.4. The van der Waals surface area contributed by atoms with Crippen LogP contribution in [-0.2, 0) is 24.7 Å². The van der Waals surface area contributed by atoms with Gasteiger partial charge in [0, 0.05) is 42.1 Å². The number of benzene rings is 4. The van der Waals surface area contributed by atoms with Crippen LogP contribution in [0.25, 0.3) is 10.8 Å². The van der Waals surface area contributed by atoms with Crippen molar-refractivity contribution >= 4 is 58.9 Å². The number of nitrogens with zero attached hydrogens (tertiary/aromatic N) is 2. The molecule has 10 heteroatoms. The summed E-state index contributed by atoms with van der Waals surface area (Å²) < 4.78 is 17.4. The van der Waals surface area contributed by atoms with E-state index in [2.05, 4.69) is 32.2 Å². The van der Waals surface area contributed by atoms with Crippen molar-refractivity contribution in [2.75, 3.05) is 37.2 Å². The zero-order valence-corrected chi connectivity index (χ0v) is 30.3. The average Bonchev–Trinajstić information content (AvgIpc) is 3.68. The Balaban J connectivity index is 1.34. The fourth-order valence-electron chi connectivity index (χ4n) is 8.87. The fourth-order valence-corrected chi connectivity index (χ4v) is 12.9. The van der Waals surface area contributed by atoms with Gasteiger partial charge in [0.1, 0.15) is 5.75 Å². The number of carbonyl (C=O) groups excluding carboxylic acids is 3. The lowest BCUT2D eigenvalue weighted by molar-refractivity contribution is -0.146. The molecule has 1 fully saturated rings. The van der Waals surface area contributed by atoms with E-state index in [-0.39, 0.29) is 48.4 Å². The minimum Gasteiger partial charge on any atom is -0.497 e. The number of unbranched alkanes of at least 4 members (excludes halogenated alkanes) is 1. The first-order valence-corrected chi connectivity index (χ1v) is 20.5. The Hall–Kier alpha value is -4.51.